The van der Waals surface area contributed by atoms with Gasteiger partial charge in [-0.3, -0.25) is 0 Å². The Labute approximate surface area is 104 Å². The molecule has 2 aromatic rings. The van der Waals surface area contributed by atoms with Crippen LogP contribution < -0.4 is 4.74 Å². The summed E-state index contributed by atoms with van der Waals surface area (Å²) in [4.78, 5) is 0. The van der Waals surface area contributed by atoms with E-state index in [0.29, 0.717) is 18.4 Å². The number of aliphatic hydroxyl groups is 1. The zero-order valence-corrected chi connectivity index (χ0v) is 9.86. The Kier molecular flexibility index (Phi) is 2.93. The molecule has 94 valence electrons. The molecule has 0 unspecified atom stereocenters. The highest BCUT2D eigenvalue weighted by molar-refractivity contribution is 5.32. The van der Waals surface area contributed by atoms with Crippen molar-refractivity contribution in [2.24, 2.45) is 0 Å². The van der Waals surface area contributed by atoms with Crippen LogP contribution >= 0.6 is 0 Å². The van der Waals surface area contributed by atoms with Gasteiger partial charge in [0.25, 0.3) is 0 Å². The van der Waals surface area contributed by atoms with Crippen molar-refractivity contribution in [1.82, 2.24) is 20.2 Å². The Balaban J connectivity index is 1.71. The number of hydrogen-bond acceptors (Lipinski definition) is 5. The van der Waals surface area contributed by atoms with Gasteiger partial charge in [0, 0.05) is 5.56 Å². The fraction of sp³-hybridized carbons (Fsp3) is 0.417. The van der Waals surface area contributed by atoms with Crippen LogP contribution in [0.1, 0.15) is 30.3 Å². The monoisotopic (exact) mass is 246 g/mol. The maximum Gasteiger partial charge on any atom is 0.189 e. The zero-order valence-electron chi connectivity index (χ0n) is 9.86. The molecule has 0 radical (unpaired) electrons. The second kappa shape index (κ2) is 4.73. The van der Waals surface area contributed by atoms with E-state index in [9.17, 15) is 5.11 Å². The number of rotatable bonds is 5. The van der Waals surface area contributed by atoms with Crippen LogP contribution in [0.15, 0.2) is 24.3 Å². The van der Waals surface area contributed by atoms with Gasteiger partial charge < -0.3 is 9.84 Å². The average molecular weight is 246 g/mol. The predicted octanol–water partition coefficient (Wildman–Crippen LogP) is 1.08. The SMILES string of the molecule is OCc1ccccc1OCc1nnnn1C1CC1. The number of aromatic nitrogens is 4. The van der Waals surface area contributed by atoms with E-state index in [4.69, 9.17) is 4.74 Å². The van der Waals surface area contributed by atoms with Crippen molar-refractivity contribution >= 4 is 0 Å². The third-order valence-corrected chi connectivity index (χ3v) is 2.95. The molecule has 1 aromatic heterocycles. The highest BCUT2D eigenvalue weighted by atomic mass is 16.5. The number of benzene rings is 1. The van der Waals surface area contributed by atoms with E-state index < -0.39 is 0 Å². The highest BCUT2D eigenvalue weighted by Gasteiger charge is 2.27. The molecular weight excluding hydrogens is 232 g/mol. The molecule has 1 saturated carbocycles. The van der Waals surface area contributed by atoms with Crippen LogP contribution in [-0.2, 0) is 13.2 Å². The van der Waals surface area contributed by atoms with E-state index in [-0.39, 0.29) is 6.61 Å². The molecule has 18 heavy (non-hydrogen) atoms. The lowest BCUT2D eigenvalue weighted by atomic mass is 10.2. The van der Waals surface area contributed by atoms with Crippen molar-refractivity contribution < 1.29 is 9.84 Å². The highest BCUT2D eigenvalue weighted by Crippen LogP contribution is 2.34. The third kappa shape index (κ3) is 2.19. The summed E-state index contributed by atoms with van der Waals surface area (Å²) >= 11 is 0. The van der Waals surface area contributed by atoms with Gasteiger partial charge in [-0.25, -0.2) is 4.68 Å². The summed E-state index contributed by atoms with van der Waals surface area (Å²) in [6, 6.07) is 7.84. The maximum absolute atomic E-state index is 9.20. The molecule has 3 rings (SSSR count). The second-order valence-electron chi connectivity index (χ2n) is 4.33. The minimum absolute atomic E-state index is 0.0380. The summed E-state index contributed by atoms with van der Waals surface area (Å²) in [6.07, 6.45) is 2.26. The quantitative estimate of drug-likeness (QED) is 0.854. The molecule has 1 fully saturated rings. The molecule has 0 aliphatic heterocycles. The molecule has 1 heterocycles. The van der Waals surface area contributed by atoms with Gasteiger partial charge in [-0.2, -0.15) is 0 Å². The van der Waals surface area contributed by atoms with Crippen molar-refractivity contribution in [3.05, 3.63) is 35.7 Å². The molecule has 1 aliphatic rings. The molecule has 0 spiro atoms. The summed E-state index contributed by atoms with van der Waals surface area (Å²) in [5.41, 5.74) is 0.767. The molecular formula is C12H14N4O2. The van der Waals surface area contributed by atoms with Crippen LogP contribution in [0, 0.1) is 0 Å². The minimum Gasteiger partial charge on any atom is -0.485 e. The van der Waals surface area contributed by atoms with Gasteiger partial charge in [0.15, 0.2) is 5.82 Å². The molecule has 1 aliphatic carbocycles. The Bertz CT molecular complexity index is 536. The first kappa shape index (κ1) is 11.2. The largest absolute Gasteiger partial charge is 0.485 e. The van der Waals surface area contributed by atoms with Crippen LogP contribution in [0.25, 0.3) is 0 Å². The Hall–Kier alpha value is -1.95. The lowest BCUT2D eigenvalue weighted by Crippen LogP contribution is -2.08. The van der Waals surface area contributed by atoms with Crippen molar-refractivity contribution in [2.75, 3.05) is 0 Å². The van der Waals surface area contributed by atoms with Crippen molar-refractivity contribution in [3.8, 4) is 5.75 Å². The number of aliphatic hydroxyl groups excluding tert-OH is 1. The van der Waals surface area contributed by atoms with E-state index >= 15 is 0 Å². The van der Waals surface area contributed by atoms with Crippen LogP contribution in [0.3, 0.4) is 0 Å². The lowest BCUT2D eigenvalue weighted by molar-refractivity contribution is 0.252. The maximum atomic E-state index is 9.20. The van der Waals surface area contributed by atoms with E-state index in [1.54, 1.807) is 0 Å². The molecule has 1 aromatic carbocycles. The van der Waals surface area contributed by atoms with Gasteiger partial charge >= 0.3 is 0 Å². The first-order chi connectivity index (χ1) is 8.88. The van der Waals surface area contributed by atoms with Crippen LogP contribution in [0.4, 0.5) is 0 Å². The van der Waals surface area contributed by atoms with E-state index in [0.717, 1.165) is 24.2 Å². The topological polar surface area (TPSA) is 73.1 Å². The summed E-state index contributed by atoms with van der Waals surface area (Å²) in [5.74, 6) is 1.40. The van der Waals surface area contributed by atoms with E-state index in [2.05, 4.69) is 15.5 Å². The van der Waals surface area contributed by atoms with E-state index in [1.807, 2.05) is 28.9 Å². The normalized spacial score (nSPS) is 14.7. The van der Waals surface area contributed by atoms with Crippen LogP contribution in [-0.4, -0.2) is 25.3 Å². The number of para-hydroxylation sites is 1. The molecule has 1 N–H and O–H groups in total. The summed E-state index contributed by atoms with van der Waals surface area (Å²) in [5, 5.41) is 20.8. The number of hydrogen-bond donors (Lipinski definition) is 1. The average Bonchev–Trinajstić information content (AvgIpc) is 3.16. The smallest absolute Gasteiger partial charge is 0.189 e. The Morgan fingerprint density at radius 3 is 2.94 bits per heavy atom. The number of nitrogens with zero attached hydrogens (tertiary/aromatic N) is 4. The fourth-order valence-electron chi connectivity index (χ4n) is 1.83. The van der Waals surface area contributed by atoms with Gasteiger partial charge in [0.05, 0.1) is 12.6 Å². The first-order valence-electron chi connectivity index (χ1n) is 5.97. The summed E-state index contributed by atoms with van der Waals surface area (Å²) in [6.45, 7) is 0.282. The van der Waals surface area contributed by atoms with Crippen molar-refractivity contribution in [2.45, 2.75) is 32.1 Å². The number of ether oxygens (including phenoxy) is 1. The summed E-state index contributed by atoms with van der Waals surface area (Å²) in [7, 11) is 0. The van der Waals surface area contributed by atoms with Gasteiger partial charge in [-0.05, 0) is 29.3 Å². The zero-order chi connectivity index (χ0) is 12.4. The number of tetrazole rings is 1. The van der Waals surface area contributed by atoms with Crippen molar-refractivity contribution in [3.63, 3.8) is 0 Å². The van der Waals surface area contributed by atoms with Crippen LogP contribution in [0.2, 0.25) is 0 Å². The lowest BCUT2D eigenvalue weighted by Gasteiger charge is -2.09. The third-order valence-electron chi connectivity index (χ3n) is 2.95. The van der Waals surface area contributed by atoms with Gasteiger partial charge in [-0.1, -0.05) is 18.2 Å². The van der Waals surface area contributed by atoms with Crippen molar-refractivity contribution in [1.29, 1.82) is 0 Å². The first-order valence-corrected chi connectivity index (χ1v) is 5.97. The van der Waals surface area contributed by atoms with Gasteiger partial charge in [0.2, 0.25) is 0 Å². The van der Waals surface area contributed by atoms with E-state index in [1.165, 1.54) is 0 Å². The molecule has 0 amide bonds. The predicted molar refractivity (Wildman–Crippen MR) is 62.8 cm³/mol. The second-order valence-corrected chi connectivity index (χ2v) is 4.33. The van der Waals surface area contributed by atoms with Gasteiger partial charge in [0.1, 0.15) is 12.4 Å². The molecule has 0 saturated heterocycles. The Morgan fingerprint density at radius 2 is 2.17 bits per heavy atom. The molecule has 0 bridgehead atoms. The molecule has 0 atom stereocenters. The fourth-order valence-corrected chi connectivity index (χ4v) is 1.83. The van der Waals surface area contributed by atoms with Crippen LogP contribution in [0.5, 0.6) is 5.75 Å². The standard InChI is InChI=1S/C12H14N4O2/c17-7-9-3-1-2-4-11(9)18-8-12-13-14-15-16(12)10-5-6-10/h1-4,10,17H,5-8H2. The molecule has 6 nitrogen and oxygen atoms in total. The minimum atomic E-state index is -0.0380. The Morgan fingerprint density at radius 1 is 1.33 bits per heavy atom. The summed E-state index contributed by atoms with van der Waals surface area (Å²) < 4.78 is 7.49. The van der Waals surface area contributed by atoms with Gasteiger partial charge in [-0.15, -0.1) is 5.10 Å². The molecule has 6 heteroatoms.